The van der Waals surface area contributed by atoms with E-state index in [4.69, 9.17) is 9.47 Å². The van der Waals surface area contributed by atoms with Crippen molar-refractivity contribution in [2.24, 2.45) is 0 Å². The van der Waals surface area contributed by atoms with Crippen LogP contribution in [0.15, 0.2) is 78.9 Å². The van der Waals surface area contributed by atoms with Gasteiger partial charge in [0.05, 0.1) is 20.6 Å². The standard InChI is InChI=1S/C29H34N2O4/c1-4-17-30-29(33)25(18-22-11-7-5-8-12-22)31(21-23-13-9-6-10-14-23)28(32)20-24-15-16-26(34-2)27(19-24)35-3/h5-16,19,25H,4,17-18,20-21H2,1-3H3,(H,30,33)/t25-/m1/s1. The number of nitrogens with zero attached hydrogens (tertiary/aromatic N) is 1. The molecule has 0 heterocycles. The molecule has 0 radical (unpaired) electrons. The molecule has 0 bridgehead atoms. The number of carbonyl (C=O) groups is 2. The van der Waals surface area contributed by atoms with Crippen molar-refractivity contribution < 1.29 is 19.1 Å². The molecule has 0 aromatic heterocycles. The van der Waals surface area contributed by atoms with E-state index in [2.05, 4.69) is 5.32 Å². The smallest absolute Gasteiger partial charge is 0.243 e. The predicted octanol–water partition coefficient (Wildman–Crippen LogP) is 4.41. The summed E-state index contributed by atoms with van der Waals surface area (Å²) < 4.78 is 10.7. The highest BCUT2D eigenvalue weighted by Gasteiger charge is 2.30. The van der Waals surface area contributed by atoms with Crippen LogP contribution in [0.25, 0.3) is 0 Å². The Morgan fingerprint density at radius 1 is 0.829 bits per heavy atom. The molecule has 6 nitrogen and oxygen atoms in total. The number of amides is 2. The van der Waals surface area contributed by atoms with E-state index < -0.39 is 6.04 Å². The number of methoxy groups -OCH3 is 2. The first-order valence-electron chi connectivity index (χ1n) is 11.9. The Morgan fingerprint density at radius 3 is 2.06 bits per heavy atom. The molecule has 3 rings (SSSR count). The number of carbonyl (C=O) groups excluding carboxylic acids is 2. The lowest BCUT2D eigenvalue weighted by atomic mass is 10.0. The van der Waals surface area contributed by atoms with Crippen LogP contribution in [0, 0.1) is 0 Å². The van der Waals surface area contributed by atoms with Crippen molar-refractivity contribution in [1.29, 1.82) is 0 Å². The van der Waals surface area contributed by atoms with E-state index in [9.17, 15) is 9.59 Å². The molecule has 0 aliphatic heterocycles. The highest BCUT2D eigenvalue weighted by molar-refractivity contribution is 5.88. The third-order valence-electron chi connectivity index (χ3n) is 5.82. The van der Waals surface area contributed by atoms with Gasteiger partial charge in [0.2, 0.25) is 11.8 Å². The number of benzene rings is 3. The van der Waals surface area contributed by atoms with Crippen LogP contribution in [-0.2, 0) is 29.0 Å². The van der Waals surface area contributed by atoms with Crippen LogP contribution in [0.4, 0.5) is 0 Å². The van der Waals surface area contributed by atoms with Crippen LogP contribution in [-0.4, -0.2) is 43.5 Å². The van der Waals surface area contributed by atoms with E-state index in [-0.39, 0.29) is 18.2 Å². The normalized spacial score (nSPS) is 11.4. The Kier molecular flexibility index (Phi) is 9.72. The van der Waals surface area contributed by atoms with E-state index in [1.165, 1.54) is 0 Å². The minimum atomic E-state index is -0.642. The quantitative estimate of drug-likeness (QED) is 0.422. The third-order valence-corrected chi connectivity index (χ3v) is 5.82. The fraction of sp³-hybridized carbons (Fsp3) is 0.310. The molecular weight excluding hydrogens is 440 g/mol. The van der Waals surface area contributed by atoms with Gasteiger partial charge in [-0.1, -0.05) is 73.7 Å². The van der Waals surface area contributed by atoms with Crippen molar-refractivity contribution in [1.82, 2.24) is 10.2 Å². The Bertz CT molecular complexity index is 1090. The molecule has 184 valence electrons. The van der Waals surface area contributed by atoms with Gasteiger partial charge < -0.3 is 19.7 Å². The molecule has 0 aliphatic rings. The molecule has 0 spiro atoms. The molecule has 3 aromatic carbocycles. The van der Waals surface area contributed by atoms with E-state index in [0.717, 1.165) is 23.1 Å². The molecule has 1 N–H and O–H groups in total. The van der Waals surface area contributed by atoms with Gasteiger partial charge in [-0.2, -0.15) is 0 Å². The average molecular weight is 475 g/mol. The van der Waals surface area contributed by atoms with E-state index in [0.29, 0.717) is 31.0 Å². The molecule has 0 fully saturated rings. The number of hydrogen-bond donors (Lipinski definition) is 1. The maximum atomic E-state index is 13.8. The van der Waals surface area contributed by atoms with E-state index in [1.807, 2.05) is 73.7 Å². The van der Waals surface area contributed by atoms with Gasteiger partial charge in [0.1, 0.15) is 6.04 Å². The Morgan fingerprint density at radius 2 is 1.46 bits per heavy atom. The second kappa shape index (κ2) is 13.2. The van der Waals surface area contributed by atoms with E-state index >= 15 is 0 Å². The summed E-state index contributed by atoms with van der Waals surface area (Å²) in [4.78, 5) is 28.8. The van der Waals surface area contributed by atoms with Crippen molar-refractivity contribution in [3.8, 4) is 11.5 Å². The van der Waals surface area contributed by atoms with Crippen molar-refractivity contribution in [2.45, 2.75) is 38.8 Å². The van der Waals surface area contributed by atoms with Gasteiger partial charge in [-0.15, -0.1) is 0 Å². The zero-order valence-corrected chi connectivity index (χ0v) is 20.7. The van der Waals surface area contributed by atoms with Crippen LogP contribution >= 0.6 is 0 Å². The molecule has 3 aromatic rings. The highest BCUT2D eigenvalue weighted by atomic mass is 16.5. The molecule has 2 amide bonds. The van der Waals surface area contributed by atoms with Crippen molar-refractivity contribution in [2.75, 3.05) is 20.8 Å². The summed E-state index contributed by atoms with van der Waals surface area (Å²) in [5.41, 5.74) is 2.76. The summed E-state index contributed by atoms with van der Waals surface area (Å²) in [5, 5.41) is 3.00. The Labute approximate surface area is 207 Å². The summed E-state index contributed by atoms with van der Waals surface area (Å²) in [6, 6.07) is 24.4. The van der Waals surface area contributed by atoms with Gasteiger partial charge in [-0.25, -0.2) is 0 Å². The topological polar surface area (TPSA) is 67.9 Å². The SMILES string of the molecule is CCCNC(=O)[C@@H](Cc1ccccc1)N(Cc1ccccc1)C(=O)Cc1ccc(OC)c(OC)c1. The second-order valence-corrected chi connectivity index (χ2v) is 8.37. The van der Waals surface area contributed by atoms with Crippen LogP contribution in [0.5, 0.6) is 11.5 Å². The molecule has 0 saturated heterocycles. The zero-order chi connectivity index (χ0) is 25.0. The first-order chi connectivity index (χ1) is 17.0. The fourth-order valence-electron chi connectivity index (χ4n) is 3.97. The predicted molar refractivity (Wildman–Crippen MR) is 137 cm³/mol. The molecule has 35 heavy (non-hydrogen) atoms. The summed E-state index contributed by atoms with van der Waals surface area (Å²) >= 11 is 0. The van der Waals surface area contributed by atoms with Gasteiger partial charge in [-0.05, 0) is 35.2 Å². The monoisotopic (exact) mass is 474 g/mol. The van der Waals surface area contributed by atoms with Crippen LogP contribution in [0.3, 0.4) is 0 Å². The largest absolute Gasteiger partial charge is 0.493 e. The zero-order valence-electron chi connectivity index (χ0n) is 20.7. The maximum Gasteiger partial charge on any atom is 0.243 e. The first-order valence-corrected chi connectivity index (χ1v) is 11.9. The van der Waals surface area contributed by atoms with Crippen LogP contribution in [0.1, 0.15) is 30.0 Å². The van der Waals surface area contributed by atoms with Crippen molar-refractivity contribution in [3.05, 3.63) is 95.6 Å². The average Bonchev–Trinajstić information content (AvgIpc) is 2.90. The summed E-state index contributed by atoms with van der Waals surface area (Å²) in [6.45, 7) is 2.91. The molecule has 0 saturated carbocycles. The van der Waals surface area contributed by atoms with Gasteiger partial charge in [0, 0.05) is 19.5 Å². The van der Waals surface area contributed by atoms with Gasteiger partial charge in [-0.3, -0.25) is 9.59 Å². The molecule has 1 atom stereocenters. The van der Waals surface area contributed by atoms with Crippen molar-refractivity contribution in [3.63, 3.8) is 0 Å². The maximum absolute atomic E-state index is 13.8. The number of nitrogens with one attached hydrogen (secondary N) is 1. The van der Waals surface area contributed by atoms with Crippen LogP contribution in [0.2, 0.25) is 0 Å². The van der Waals surface area contributed by atoms with Crippen LogP contribution < -0.4 is 14.8 Å². The number of ether oxygens (including phenoxy) is 2. The fourth-order valence-corrected chi connectivity index (χ4v) is 3.97. The third kappa shape index (κ3) is 7.34. The Hall–Kier alpha value is -3.80. The summed E-state index contributed by atoms with van der Waals surface area (Å²) in [7, 11) is 3.15. The number of rotatable bonds is 12. The molecular formula is C29H34N2O4. The van der Waals surface area contributed by atoms with E-state index in [1.54, 1.807) is 31.3 Å². The van der Waals surface area contributed by atoms with Crippen molar-refractivity contribution >= 4 is 11.8 Å². The molecule has 0 unspecified atom stereocenters. The van der Waals surface area contributed by atoms with Gasteiger partial charge >= 0.3 is 0 Å². The lowest BCUT2D eigenvalue weighted by Crippen LogP contribution is -2.51. The summed E-state index contributed by atoms with van der Waals surface area (Å²) in [6.07, 6.45) is 1.39. The van der Waals surface area contributed by atoms with Gasteiger partial charge in [0.25, 0.3) is 0 Å². The summed E-state index contributed by atoms with van der Waals surface area (Å²) in [5.74, 6) is 0.889. The lowest BCUT2D eigenvalue weighted by Gasteiger charge is -2.31. The van der Waals surface area contributed by atoms with Gasteiger partial charge in [0.15, 0.2) is 11.5 Å². The molecule has 6 heteroatoms. The lowest BCUT2D eigenvalue weighted by molar-refractivity contribution is -0.140. The highest BCUT2D eigenvalue weighted by Crippen LogP contribution is 2.28. The second-order valence-electron chi connectivity index (χ2n) is 8.37. The number of hydrogen-bond acceptors (Lipinski definition) is 4. The minimum absolute atomic E-state index is 0.131. The Balaban J connectivity index is 1.94. The first kappa shape index (κ1) is 25.8. The minimum Gasteiger partial charge on any atom is -0.493 e. The molecule has 0 aliphatic carbocycles.